The predicted octanol–water partition coefficient (Wildman–Crippen LogP) is 3.19. The van der Waals surface area contributed by atoms with Crippen molar-refractivity contribution in [1.29, 1.82) is 0 Å². The SMILES string of the molecule is O=C(CN1CCOCC1)Nc1cc(C(=O)Cc2nnc(-c3cccnc3)s2)ccc1OC(F)(F)F. The van der Waals surface area contributed by atoms with Gasteiger partial charge in [-0.05, 0) is 30.3 Å². The van der Waals surface area contributed by atoms with Gasteiger partial charge in [0.25, 0.3) is 0 Å². The number of morpholine rings is 1. The number of carbonyl (C=O) groups is 2. The van der Waals surface area contributed by atoms with E-state index in [-0.39, 0.29) is 24.2 Å². The quantitative estimate of drug-likeness (QED) is 0.464. The maximum atomic E-state index is 12.9. The molecule has 0 saturated carbocycles. The van der Waals surface area contributed by atoms with Crippen molar-refractivity contribution in [1.82, 2.24) is 20.1 Å². The highest BCUT2D eigenvalue weighted by Gasteiger charge is 2.32. The van der Waals surface area contributed by atoms with Gasteiger partial charge in [0.05, 0.1) is 31.9 Å². The summed E-state index contributed by atoms with van der Waals surface area (Å²) in [6.07, 6.45) is -1.83. The van der Waals surface area contributed by atoms with Crippen LogP contribution in [-0.2, 0) is 16.0 Å². The van der Waals surface area contributed by atoms with E-state index < -0.39 is 23.8 Å². The Kier molecular flexibility index (Phi) is 7.68. The van der Waals surface area contributed by atoms with Gasteiger partial charge in [0.15, 0.2) is 11.5 Å². The van der Waals surface area contributed by atoms with Crippen LogP contribution in [0.2, 0.25) is 0 Å². The van der Waals surface area contributed by atoms with E-state index in [1.807, 2.05) is 11.0 Å². The fourth-order valence-corrected chi connectivity index (χ4v) is 4.17. The van der Waals surface area contributed by atoms with Gasteiger partial charge in [-0.2, -0.15) is 0 Å². The lowest BCUT2D eigenvalue weighted by atomic mass is 10.1. The molecule has 1 aliphatic rings. The summed E-state index contributed by atoms with van der Waals surface area (Å²) >= 11 is 1.21. The Morgan fingerprint density at radius 1 is 1.17 bits per heavy atom. The van der Waals surface area contributed by atoms with Gasteiger partial charge in [0.1, 0.15) is 10.0 Å². The van der Waals surface area contributed by atoms with E-state index >= 15 is 0 Å². The molecule has 0 atom stereocenters. The van der Waals surface area contributed by atoms with Gasteiger partial charge in [0.2, 0.25) is 5.91 Å². The number of halogens is 3. The molecule has 0 unspecified atom stereocenters. The number of pyridine rings is 1. The summed E-state index contributed by atoms with van der Waals surface area (Å²) in [7, 11) is 0. The molecular formula is C22H20F3N5O4S. The maximum absolute atomic E-state index is 12.9. The standard InChI is InChI=1S/C22H20F3N5O4S/c23-22(24,25)34-18-4-3-14(10-16(18)27-19(32)13-30-6-8-33-9-7-30)17(31)11-20-28-29-21(35-20)15-2-1-5-26-12-15/h1-5,10,12H,6-9,11,13H2,(H,27,32). The Balaban J connectivity index is 1.49. The van der Waals surface area contributed by atoms with Gasteiger partial charge in [-0.3, -0.25) is 19.5 Å². The minimum Gasteiger partial charge on any atom is -0.404 e. The van der Waals surface area contributed by atoms with Gasteiger partial charge in [-0.15, -0.1) is 23.4 Å². The summed E-state index contributed by atoms with van der Waals surface area (Å²) in [5.41, 5.74) is 0.599. The van der Waals surface area contributed by atoms with Gasteiger partial charge in [0, 0.05) is 36.6 Å². The summed E-state index contributed by atoms with van der Waals surface area (Å²) in [6.45, 7) is 1.96. The molecule has 3 heterocycles. The highest BCUT2D eigenvalue weighted by molar-refractivity contribution is 7.14. The Hall–Kier alpha value is -3.42. The van der Waals surface area contributed by atoms with E-state index in [0.717, 1.165) is 11.6 Å². The molecule has 0 aliphatic carbocycles. The summed E-state index contributed by atoms with van der Waals surface area (Å²) in [5, 5.41) is 11.5. The van der Waals surface area contributed by atoms with Gasteiger partial charge >= 0.3 is 6.36 Å². The Bertz CT molecular complexity index is 1180. The number of benzene rings is 1. The van der Waals surface area contributed by atoms with Crippen molar-refractivity contribution in [3.63, 3.8) is 0 Å². The third-order valence-electron chi connectivity index (χ3n) is 4.96. The number of rotatable bonds is 8. The van der Waals surface area contributed by atoms with Crippen molar-refractivity contribution < 1.29 is 32.2 Å². The number of hydrogen-bond donors (Lipinski definition) is 1. The number of nitrogens with one attached hydrogen (secondary N) is 1. The third kappa shape index (κ3) is 7.04. The second-order valence-electron chi connectivity index (χ2n) is 7.54. The van der Waals surface area contributed by atoms with Crippen LogP contribution in [0.15, 0.2) is 42.7 Å². The lowest BCUT2D eigenvalue weighted by Gasteiger charge is -2.26. The topological polar surface area (TPSA) is 107 Å². The summed E-state index contributed by atoms with van der Waals surface area (Å²) in [5.74, 6) is -1.55. The van der Waals surface area contributed by atoms with Crippen molar-refractivity contribution in [2.45, 2.75) is 12.8 Å². The fourth-order valence-electron chi connectivity index (χ4n) is 3.34. The molecule has 3 aromatic rings. The number of nitrogens with zero attached hydrogens (tertiary/aromatic N) is 4. The van der Waals surface area contributed by atoms with E-state index in [1.54, 1.807) is 18.5 Å². The number of Topliss-reactive ketones (excluding diaryl/α,β-unsaturated/α-hetero) is 1. The first kappa shape index (κ1) is 24.7. The minimum atomic E-state index is -4.97. The van der Waals surface area contributed by atoms with Crippen molar-refractivity contribution in [3.05, 3.63) is 53.3 Å². The Morgan fingerprint density at radius 3 is 2.69 bits per heavy atom. The lowest BCUT2D eigenvalue weighted by Crippen LogP contribution is -2.41. The van der Waals surface area contributed by atoms with Crippen LogP contribution >= 0.6 is 11.3 Å². The number of anilines is 1. The molecule has 13 heteroatoms. The molecule has 35 heavy (non-hydrogen) atoms. The number of alkyl halides is 3. The first-order valence-electron chi connectivity index (χ1n) is 10.5. The molecule has 1 aromatic carbocycles. The smallest absolute Gasteiger partial charge is 0.404 e. The van der Waals surface area contributed by atoms with E-state index in [0.29, 0.717) is 36.3 Å². The zero-order valence-electron chi connectivity index (χ0n) is 18.2. The molecule has 184 valence electrons. The number of ketones is 1. The molecule has 1 saturated heterocycles. The summed E-state index contributed by atoms with van der Waals surface area (Å²) < 4.78 is 47.9. The van der Waals surface area contributed by atoms with Crippen LogP contribution in [0.4, 0.5) is 18.9 Å². The molecule has 1 amide bonds. The Morgan fingerprint density at radius 2 is 1.97 bits per heavy atom. The second kappa shape index (κ2) is 10.9. The highest BCUT2D eigenvalue weighted by Crippen LogP contribution is 2.32. The number of aromatic nitrogens is 3. The maximum Gasteiger partial charge on any atom is 0.573 e. The predicted molar refractivity (Wildman–Crippen MR) is 120 cm³/mol. The molecule has 4 rings (SSSR count). The molecule has 0 radical (unpaired) electrons. The van der Waals surface area contributed by atoms with Gasteiger partial charge < -0.3 is 14.8 Å². The van der Waals surface area contributed by atoms with Gasteiger partial charge in [-0.25, -0.2) is 0 Å². The van der Waals surface area contributed by atoms with Crippen molar-refractivity contribution in [2.24, 2.45) is 0 Å². The average molecular weight is 507 g/mol. The van der Waals surface area contributed by atoms with E-state index in [9.17, 15) is 22.8 Å². The molecule has 9 nitrogen and oxygen atoms in total. The third-order valence-corrected chi connectivity index (χ3v) is 5.93. The Labute approximate surface area is 201 Å². The number of hydrogen-bond acceptors (Lipinski definition) is 9. The van der Waals surface area contributed by atoms with E-state index in [2.05, 4.69) is 25.2 Å². The molecule has 2 aromatic heterocycles. The van der Waals surface area contributed by atoms with Crippen LogP contribution in [0.1, 0.15) is 15.4 Å². The van der Waals surface area contributed by atoms with E-state index in [1.165, 1.54) is 23.5 Å². The minimum absolute atomic E-state index is 0.0328. The van der Waals surface area contributed by atoms with Crippen LogP contribution in [0.3, 0.4) is 0 Å². The molecule has 1 aliphatic heterocycles. The summed E-state index contributed by atoms with van der Waals surface area (Å²) in [6, 6.07) is 6.95. The molecular weight excluding hydrogens is 487 g/mol. The van der Waals surface area contributed by atoms with E-state index in [4.69, 9.17) is 4.74 Å². The number of carbonyl (C=O) groups excluding carboxylic acids is 2. The summed E-state index contributed by atoms with van der Waals surface area (Å²) in [4.78, 5) is 31.1. The molecule has 1 fully saturated rings. The number of amides is 1. The van der Waals surface area contributed by atoms with Crippen LogP contribution < -0.4 is 10.1 Å². The lowest BCUT2D eigenvalue weighted by molar-refractivity contribution is -0.274. The normalized spacial score (nSPS) is 14.5. The molecule has 0 bridgehead atoms. The fraction of sp³-hybridized carbons (Fsp3) is 0.318. The van der Waals surface area contributed by atoms with Crippen molar-refractivity contribution in [3.8, 4) is 16.3 Å². The zero-order valence-corrected chi connectivity index (χ0v) is 19.1. The highest BCUT2D eigenvalue weighted by atomic mass is 32.1. The van der Waals surface area contributed by atoms with Crippen LogP contribution in [0.5, 0.6) is 5.75 Å². The van der Waals surface area contributed by atoms with Crippen LogP contribution in [-0.4, -0.2) is 71.0 Å². The first-order chi connectivity index (χ1) is 16.8. The number of ether oxygens (including phenoxy) is 2. The van der Waals surface area contributed by atoms with Crippen LogP contribution in [0, 0.1) is 0 Å². The first-order valence-corrected chi connectivity index (χ1v) is 11.3. The van der Waals surface area contributed by atoms with Crippen molar-refractivity contribution >= 4 is 28.7 Å². The largest absolute Gasteiger partial charge is 0.573 e. The van der Waals surface area contributed by atoms with Crippen LogP contribution in [0.25, 0.3) is 10.6 Å². The zero-order chi connectivity index (χ0) is 24.8. The van der Waals surface area contributed by atoms with Crippen molar-refractivity contribution in [2.75, 3.05) is 38.2 Å². The molecule has 1 N–H and O–H groups in total. The average Bonchev–Trinajstić information content (AvgIpc) is 3.29. The second-order valence-corrected chi connectivity index (χ2v) is 8.60. The monoisotopic (exact) mass is 507 g/mol. The van der Waals surface area contributed by atoms with Gasteiger partial charge in [-0.1, -0.05) is 11.3 Å². The molecule has 0 spiro atoms.